The first kappa shape index (κ1) is 8.16. The fourth-order valence-electron chi connectivity index (χ4n) is 1.97. The van der Waals surface area contributed by atoms with E-state index in [0.29, 0.717) is 10.5 Å². The molecule has 2 unspecified atom stereocenters. The molecule has 0 N–H and O–H groups in total. The maximum absolute atomic E-state index is 3.19. The fourth-order valence-corrected chi connectivity index (χ4v) is 3.34. The summed E-state index contributed by atoms with van der Waals surface area (Å²) in [5, 5.41) is 1.05. The Balaban J connectivity index is 2.12. The minimum absolute atomic E-state index is 0.498. The SMILES string of the molecule is C1=CC=CC2=C3C=CC=CC3SC2C=1. The minimum atomic E-state index is 0.498. The average molecular weight is 198 g/mol. The minimum Gasteiger partial charge on any atom is -0.136 e. The van der Waals surface area contributed by atoms with Crippen molar-refractivity contribution in [3.63, 3.8) is 0 Å². The van der Waals surface area contributed by atoms with E-state index in [2.05, 4.69) is 48.3 Å². The molecule has 0 aromatic carbocycles. The van der Waals surface area contributed by atoms with E-state index in [-0.39, 0.29) is 0 Å². The third-order valence-electron chi connectivity index (χ3n) is 2.63. The van der Waals surface area contributed by atoms with Crippen LogP contribution in [0, 0.1) is 0 Å². The lowest BCUT2D eigenvalue weighted by Gasteiger charge is -2.08. The smallest absolute Gasteiger partial charge is 0.0563 e. The molecule has 0 spiro atoms. The summed E-state index contributed by atoms with van der Waals surface area (Å²) in [6.45, 7) is 0. The summed E-state index contributed by atoms with van der Waals surface area (Å²) >= 11 is 1.99. The Morgan fingerprint density at radius 2 is 1.86 bits per heavy atom. The van der Waals surface area contributed by atoms with Gasteiger partial charge in [0, 0.05) is 5.25 Å². The zero-order valence-electron chi connectivity index (χ0n) is 7.68. The molecule has 0 saturated heterocycles. The molecule has 3 rings (SSSR count). The Bertz CT molecular complexity index is 440. The zero-order chi connectivity index (χ0) is 9.38. The molecule has 1 heteroatoms. The molecule has 0 aromatic rings. The van der Waals surface area contributed by atoms with Crippen molar-refractivity contribution in [3.8, 4) is 0 Å². The van der Waals surface area contributed by atoms with Crippen molar-refractivity contribution in [3.05, 3.63) is 65.5 Å². The summed E-state index contributed by atoms with van der Waals surface area (Å²) in [7, 11) is 0. The predicted octanol–water partition coefficient (Wildman–Crippen LogP) is 3.17. The van der Waals surface area contributed by atoms with E-state index in [1.165, 1.54) is 11.1 Å². The molecule has 0 fully saturated rings. The van der Waals surface area contributed by atoms with Crippen molar-refractivity contribution in [1.82, 2.24) is 0 Å². The molecule has 0 aromatic heterocycles. The van der Waals surface area contributed by atoms with E-state index in [0.717, 1.165) is 0 Å². The lowest BCUT2D eigenvalue weighted by atomic mass is 9.99. The van der Waals surface area contributed by atoms with Gasteiger partial charge in [-0.2, -0.15) is 0 Å². The highest BCUT2D eigenvalue weighted by Gasteiger charge is 2.29. The van der Waals surface area contributed by atoms with Crippen LogP contribution in [0.4, 0.5) is 0 Å². The van der Waals surface area contributed by atoms with Crippen LogP contribution in [0.3, 0.4) is 0 Å². The number of thioether (sulfide) groups is 1. The first-order valence-corrected chi connectivity index (χ1v) is 5.73. The molecule has 2 aliphatic carbocycles. The van der Waals surface area contributed by atoms with Gasteiger partial charge in [0.1, 0.15) is 0 Å². The van der Waals surface area contributed by atoms with Gasteiger partial charge in [0.15, 0.2) is 0 Å². The largest absolute Gasteiger partial charge is 0.136 e. The normalized spacial score (nSPS) is 32.0. The van der Waals surface area contributed by atoms with Crippen LogP contribution >= 0.6 is 11.8 Å². The van der Waals surface area contributed by atoms with Crippen LogP contribution in [0.1, 0.15) is 0 Å². The molecule has 1 aliphatic heterocycles. The van der Waals surface area contributed by atoms with Crippen LogP contribution < -0.4 is 0 Å². The Labute approximate surface area is 88.1 Å². The molecule has 0 bridgehead atoms. The topological polar surface area (TPSA) is 0 Å². The predicted molar refractivity (Wildman–Crippen MR) is 62.3 cm³/mol. The van der Waals surface area contributed by atoms with Crippen LogP contribution in [0.2, 0.25) is 0 Å². The molecule has 1 heterocycles. The molecule has 0 amide bonds. The van der Waals surface area contributed by atoms with Crippen molar-refractivity contribution in [2.24, 2.45) is 0 Å². The van der Waals surface area contributed by atoms with Gasteiger partial charge in [-0.3, -0.25) is 0 Å². The summed E-state index contributed by atoms with van der Waals surface area (Å²) in [6, 6.07) is 0. The lowest BCUT2D eigenvalue weighted by Crippen LogP contribution is -1.98. The van der Waals surface area contributed by atoms with Gasteiger partial charge in [0.05, 0.1) is 5.25 Å². The highest BCUT2D eigenvalue weighted by Crippen LogP contribution is 2.43. The van der Waals surface area contributed by atoms with Gasteiger partial charge in [0.2, 0.25) is 0 Å². The third-order valence-corrected chi connectivity index (χ3v) is 4.02. The molecule has 14 heavy (non-hydrogen) atoms. The number of allylic oxidation sites excluding steroid dienone is 5. The molecular formula is C13H10S. The van der Waals surface area contributed by atoms with Gasteiger partial charge in [0.25, 0.3) is 0 Å². The lowest BCUT2D eigenvalue weighted by molar-refractivity contribution is 1.25. The standard InChI is InChI=1S/C13H10S/c1-2-6-10-11-7-4-5-9-13(11)14-12(10)8-3-1/h1-2,4-9,12-13H. The van der Waals surface area contributed by atoms with Gasteiger partial charge in [-0.05, 0) is 23.3 Å². The van der Waals surface area contributed by atoms with Crippen molar-refractivity contribution >= 4 is 11.8 Å². The van der Waals surface area contributed by atoms with E-state index in [4.69, 9.17) is 0 Å². The van der Waals surface area contributed by atoms with E-state index in [1.54, 1.807) is 0 Å². The van der Waals surface area contributed by atoms with Crippen molar-refractivity contribution in [2.45, 2.75) is 10.5 Å². The highest BCUT2D eigenvalue weighted by molar-refractivity contribution is 8.01. The van der Waals surface area contributed by atoms with Gasteiger partial charge < -0.3 is 0 Å². The maximum atomic E-state index is 3.19. The Kier molecular flexibility index (Phi) is 1.86. The first-order chi connectivity index (χ1) is 6.95. The van der Waals surface area contributed by atoms with Gasteiger partial charge in [-0.15, -0.1) is 17.5 Å². The summed E-state index contributed by atoms with van der Waals surface area (Å²) < 4.78 is 0. The van der Waals surface area contributed by atoms with E-state index >= 15 is 0 Å². The summed E-state index contributed by atoms with van der Waals surface area (Å²) in [4.78, 5) is 0. The molecule has 68 valence electrons. The van der Waals surface area contributed by atoms with Gasteiger partial charge in [-0.1, -0.05) is 36.5 Å². The quantitative estimate of drug-likeness (QED) is 0.539. The van der Waals surface area contributed by atoms with Crippen molar-refractivity contribution in [2.75, 3.05) is 0 Å². The third kappa shape index (κ3) is 1.18. The average Bonchev–Trinajstić information content (AvgIpc) is 2.42. The van der Waals surface area contributed by atoms with Crippen LogP contribution in [0.25, 0.3) is 0 Å². The summed E-state index contributed by atoms with van der Waals surface area (Å²) in [5.74, 6) is 0. The number of hydrogen-bond donors (Lipinski definition) is 0. The molecule has 0 nitrogen and oxygen atoms in total. The van der Waals surface area contributed by atoms with Crippen LogP contribution in [-0.2, 0) is 0 Å². The van der Waals surface area contributed by atoms with Crippen LogP contribution in [-0.4, -0.2) is 10.5 Å². The Morgan fingerprint density at radius 3 is 2.86 bits per heavy atom. The maximum Gasteiger partial charge on any atom is 0.0563 e. The van der Waals surface area contributed by atoms with Crippen LogP contribution in [0.15, 0.2) is 65.5 Å². The number of fused-ring (bicyclic) bond motifs is 2. The zero-order valence-corrected chi connectivity index (χ0v) is 8.50. The summed E-state index contributed by atoms with van der Waals surface area (Å²) in [6.07, 6.45) is 17.2. The molecule has 0 saturated carbocycles. The van der Waals surface area contributed by atoms with Gasteiger partial charge in [-0.25, -0.2) is 0 Å². The first-order valence-electron chi connectivity index (χ1n) is 4.79. The monoisotopic (exact) mass is 198 g/mol. The fraction of sp³-hybridized carbons (Fsp3) is 0.154. The van der Waals surface area contributed by atoms with Crippen molar-refractivity contribution in [1.29, 1.82) is 0 Å². The van der Waals surface area contributed by atoms with Gasteiger partial charge >= 0.3 is 0 Å². The second-order valence-corrected chi connectivity index (χ2v) is 4.78. The summed E-state index contributed by atoms with van der Waals surface area (Å²) in [5.41, 5.74) is 6.10. The molecule has 2 atom stereocenters. The highest BCUT2D eigenvalue weighted by atomic mass is 32.2. The van der Waals surface area contributed by atoms with E-state index < -0.39 is 0 Å². The van der Waals surface area contributed by atoms with E-state index in [1.807, 2.05) is 17.8 Å². The second-order valence-electron chi connectivity index (χ2n) is 3.49. The second kappa shape index (κ2) is 3.20. The molecule has 3 aliphatic rings. The van der Waals surface area contributed by atoms with E-state index in [9.17, 15) is 0 Å². The number of hydrogen-bond acceptors (Lipinski definition) is 1. The molecular weight excluding hydrogens is 188 g/mol. The Hall–Kier alpha value is -1.17. The van der Waals surface area contributed by atoms with Crippen LogP contribution in [0.5, 0.6) is 0 Å². The van der Waals surface area contributed by atoms with Crippen molar-refractivity contribution < 1.29 is 0 Å². The number of rotatable bonds is 0. The molecule has 0 radical (unpaired) electrons. The Morgan fingerprint density at radius 1 is 1.00 bits per heavy atom.